The van der Waals surface area contributed by atoms with Crippen molar-refractivity contribution < 1.29 is 0 Å². The van der Waals surface area contributed by atoms with Crippen LogP contribution in [0.3, 0.4) is 0 Å². The fourth-order valence-electron chi connectivity index (χ4n) is 2.21. The molecule has 0 saturated carbocycles. The maximum atomic E-state index is 4.64. The van der Waals surface area contributed by atoms with Gasteiger partial charge in [0, 0.05) is 24.6 Å². The summed E-state index contributed by atoms with van der Waals surface area (Å²) in [6.45, 7) is 0.800. The highest BCUT2D eigenvalue weighted by molar-refractivity contribution is 5.40. The first-order valence-electron chi connectivity index (χ1n) is 6.03. The molecule has 0 saturated heterocycles. The van der Waals surface area contributed by atoms with E-state index in [1.165, 1.54) is 29.7 Å². The molecule has 3 rings (SSSR count). The largest absolute Gasteiger partial charge is 0.366 e. The fraction of sp³-hybridized carbons (Fsp3) is 0.286. The van der Waals surface area contributed by atoms with E-state index in [1.54, 1.807) is 0 Å². The second-order valence-corrected chi connectivity index (χ2v) is 4.36. The van der Waals surface area contributed by atoms with Gasteiger partial charge in [0.25, 0.3) is 0 Å². The summed E-state index contributed by atoms with van der Waals surface area (Å²) in [6.07, 6.45) is 7.18. The van der Waals surface area contributed by atoms with Crippen LogP contribution in [0.25, 0.3) is 0 Å². The average molecular weight is 225 g/mol. The summed E-state index contributed by atoms with van der Waals surface area (Å²) in [6, 6.07) is 8.30. The van der Waals surface area contributed by atoms with E-state index in [1.807, 2.05) is 24.5 Å². The van der Waals surface area contributed by atoms with Crippen LogP contribution in [0.2, 0.25) is 0 Å². The second-order valence-electron chi connectivity index (χ2n) is 4.36. The van der Waals surface area contributed by atoms with Crippen molar-refractivity contribution in [2.75, 3.05) is 5.32 Å². The summed E-state index contributed by atoms with van der Waals surface area (Å²) in [7, 11) is 0. The molecular formula is C14H15N3. The topological polar surface area (TPSA) is 37.8 Å². The zero-order valence-corrected chi connectivity index (χ0v) is 9.69. The zero-order chi connectivity index (χ0) is 11.5. The van der Waals surface area contributed by atoms with Crippen LogP contribution in [-0.2, 0) is 19.4 Å². The van der Waals surface area contributed by atoms with E-state index in [0.29, 0.717) is 0 Å². The number of anilines is 1. The molecular weight excluding hydrogens is 210 g/mol. The van der Waals surface area contributed by atoms with Crippen LogP contribution in [0.1, 0.15) is 23.2 Å². The SMILES string of the molecule is c1cc(CNc2ccc3c(n2)CCC3)ccn1. The Morgan fingerprint density at radius 2 is 1.94 bits per heavy atom. The van der Waals surface area contributed by atoms with E-state index in [4.69, 9.17) is 0 Å². The normalized spacial score (nSPS) is 13.4. The van der Waals surface area contributed by atoms with Gasteiger partial charge in [0.15, 0.2) is 0 Å². The van der Waals surface area contributed by atoms with Gasteiger partial charge < -0.3 is 5.32 Å². The maximum Gasteiger partial charge on any atom is 0.126 e. The molecule has 0 fully saturated rings. The van der Waals surface area contributed by atoms with Gasteiger partial charge in [0.1, 0.15) is 5.82 Å². The molecule has 1 aliphatic rings. The molecule has 2 heterocycles. The van der Waals surface area contributed by atoms with Crippen molar-refractivity contribution in [1.29, 1.82) is 0 Å². The second kappa shape index (κ2) is 4.53. The molecule has 0 spiro atoms. The Labute approximate surface area is 101 Å². The molecule has 0 bridgehead atoms. The van der Waals surface area contributed by atoms with Crippen molar-refractivity contribution >= 4 is 5.82 Å². The molecule has 3 heteroatoms. The number of hydrogen-bond acceptors (Lipinski definition) is 3. The highest BCUT2D eigenvalue weighted by atomic mass is 15.0. The lowest BCUT2D eigenvalue weighted by molar-refractivity contribution is 0.899. The average Bonchev–Trinajstić information content (AvgIpc) is 2.85. The molecule has 2 aromatic rings. The summed E-state index contributed by atoms with van der Waals surface area (Å²) in [4.78, 5) is 8.65. The van der Waals surface area contributed by atoms with Gasteiger partial charge in [-0.05, 0) is 48.6 Å². The highest BCUT2D eigenvalue weighted by Crippen LogP contribution is 2.21. The Bertz CT molecular complexity index is 508. The summed E-state index contributed by atoms with van der Waals surface area (Å²) in [5.41, 5.74) is 3.91. The summed E-state index contributed by atoms with van der Waals surface area (Å²) in [5.74, 6) is 0.975. The fourth-order valence-corrected chi connectivity index (χ4v) is 2.21. The summed E-state index contributed by atoms with van der Waals surface area (Å²) < 4.78 is 0. The Morgan fingerprint density at radius 3 is 2.82 bits per heavy atom. The Morgan fingerprint density at radius 1 is 1.06 bits per heavy atom. The molecule has 0 aliphatic heterocycles. The number of pyridine rings is 2. The van der Waals surface area contributed by atoms with Crippen LogP contribution in [0, 0.1) is 0 Å². The van der Waals surface area contributed by atoms with Crippen LogP contribution in [0.5, 0.6) is 0 Å². The van der Waals surface area contributed by atoms with Crippen molar-refractivity contribution in [2.45, 2.75) is 25.8 Å². The molecule has 0 unspecified atom stereocenters. The third kappa shape index (κ3) is 2.28. The van der Waals surface area contributed by atoms with Gasteiger partial charge in [0.05, 0.1) is 0 Å². The van der Waals surface area contributed by atoms with E-state index in [2.05, 4.69) is 27.4 Å². The van der Waals surface area contributed by atoms with E-state index < -0.39 is 0 Å². The van der Waals surface area contributed by atoms with Crippen LogP contribution in [-0.4, -0.2) is 9.97 Å². The van der Waals surface area contributed by atoms with E-state index in [-0.39, 0.29) is 0 Å². The summed E-state index contributed by atoms with van der Waals surface area (Å²) in [5, 5.41) is 3.35. The number of nitrogens with zero attached hydrogens (tertiary/aromatic N) is 2. The predicted molar refractivity (Wildman–Crippen MR) is 67.8 cm³/mol. The summed E-state index contributed by atoms with van der Waals surface area (Å²) >= 11 is 0. The van der Waals surface area contributed by atoms with Gasteiger partial charge in [-0.25, -0.2) is 4.98 Å². The quantitative estimate of drug-likeness (QED) is 0.872. The molecule has 0 aromatic carbocycles. The van der Waals surface area contributed by atoms with Crippen molar-refractivity contribution in [3.8, 4) is 0 Å². The van der Waals surface area contributed by atoms with E-state index in [9.17, 15) is 0 Å². The number of aryl methyl sites for hydroxylation is 2. The Hall–Kier alpha value is -1.90. The van der Waals surface area contributed by atoms with E-state index >= 15 is 0 Å². The molecule has 86 valence electrons. The molecule has 0 radical (unpaired) electrons. The van der Waals surface area contributed by atoms with Crippen LogP contribution in [0.15, 0.2) is 36.7 Å². The van der Waals surface area contributed by atoms with Gasteiger partial charge >= 0.3 is 0 Å². The van der Waals surface area contributed by atoms with Gasteiger partial charge in [-0.15, -0.1) is 0 Å². The molecule has 3 nitrogen and oxygen atoms in total. The highest BCUT2D eigenvalue weighted by Gasteiger charge is 2.11. The maximum absolute atomic E-state index is 4.64. The first kappa shape index (κ1) is 10.3. The molecule has 1 aliphatic carbocycles. The number of aromatic nitrogens is 2. The monoisotopic (exact) mass is 225 g/mol. The molecule has 1 N–H and O–H groups in total. The van der Waals surface area contributed by atoms with E-state index in [0.717, 1.165) is 18.8 Å². The zero-order valence-electron chi connectivity index (χ0n) is 9.69. The standard InChI is InChI=1S/C14H15N3/c1-2-12-4-5-14(17-13(12)3-1)16-10-11-6-8-15-9-7-11/h4-9H,1-3,10H2,(H,16,17). The molecule has 17 heavy (non-hydrogen) atoms. The first-order valence-corrected chi connectivity index (χ1v) is 6.03. The Kier molecular flexibility index (Phi) is 2.74. The number of fused-ring (bicyclic) bond motifs is 1. The van der Waals surface area contributed by atoms with Gasteiger partial charge in [-0.1, -0.05) is 6.07 Å². The number of hydrogen-bond donors (Lipinski definition) is 1. The lowest BCUT2D eigenvalue weighted by Crippen LogP contribution is -2.02. The minimum atomic E-state index is 0.800. The van der Waals surface area contributed by atoms with Crippen LogP contribution in [0.4, 0.5) is 5.82 Å². The minimum absolute atomic E-state index is 0.800. The van der Waals surface area contributed by atoms with Crippen molar-refractivity contribution in [1.82, 2.24) is 9.97 Å². The van der Waals surface area contributed by atoms with Crippen LogP contribution >= 0.6 is 0 Å². The van der Waals surface area contributed by atoms with Gasteiger partial charge in [0.2, 0.25) is 0 Å². The third-order valence-corrected chi connectivity index (χ3v) is 3.15. The number of rotatable bonds is 3. The van der Waals surface area contributed by atoms with Gasteiger partial charge in [-0.2, -0.15) is 0 Å². The molecule has 2 aromatic heterocycles. The van der Waals surface area contributed by atoms with Crippen molar-refractivity contribution in [2.24, 2.45) is 0 Å². The lowest BCUT2D eigenvalue weighted by Gasteiger charge is -2.07. The predicted octanol–water partition coefficient (Wildman–Crippen LogP) is 2.58. The Balaban J connectivity index is 1.70. The first-order chi connectivity index (χ1) is 8.42. The smallest absolute Gasteiger partial charge is 0.126 e. The van der Waals surface area contributed by atoms with Crippen molar-refractivity contribution in [3.63, 3.8) is 0 Å². The van der Waals surface area contributed by atoms with Crippen LogP contribution < -0.4 is 5.32 Å². The minimum Gasteiger partial charge on any atom is -0.366 e. The van der Waals surface area contributed by atoms with Crippen molar-refractivity contribution in [3.05, 3.63) is 53.5 Å². The lowest BCUT2D eigenvalue weighted by atomic mass is 10.2. The molecule has 0 amide bonds. The number of nitrogens with one attached hydrogen (secondary N) is 1. The van der Waals surface area contributed by atoms with Gasteiger partial charge in [-0.3, -0.25) is 4.98 Å². The third-order valence-electron chi connectivity index (χ3n) is 3.15. The molecule has 0 atom stereocenters.